The Morgan fingerprint density at radius 3 is 2.60 bits per heavy atom. The number of aromatic nitrogens is 4. The highest BCUT2D eigenvalue weighted by Crippen LogP contribution is 2.18. The fourth-order valence-corrected chi connectivity index (χ4v) is 3.15. The van der Waals surface area contributed by atoms with Crippen molar-refractivity contribution in [3.05, 3.63) is 81.3 Å². The van der Waals surface area contributed by atoms with Crippen molar-refractivity contribution < 1.29 is 4.74 Å². The summed E-state index contributed by atoms with van der Waals surface area (Å²) >= 11 is 0. The summed E-state index contributed by atoms with van der Waals surface area (Å²) in [7, 11) is 1.64. The van der Waals surface area contributed by atoms with Crippen molar-refractivity contribution in [3.8, 4) is 5.75 Å². The number of nitrogens with zero attached hydrogens (tertiary/aromatic N) is 3. The Morgan fingerprint density at radius 2 is 1.83 bits per heavy atom. The molecule has 30 heavy (non-hydrogen) atoms. The van der Waals surface area contributed by atoms with Crippen molar-refractivity contribution >= 4 is 17.4 Å². The number of rotatable bonds is 7. The molecule has 0 fully saturated rings. The second kappa shape index (κ2) is 8.28. The van der Waals surface area contributed by atoms with Crippen molar-refractivity contribution in [1.29, 1.82) is 0 Å². The molecule has 0 amide bonds. The number of methoxy groups -OCH3 is 1. The van der Waals surface area contributed by atoms with Crippen LogP contribution in [0.25, 0.3) is 5.78 Å². The third-order valence-electron chi connectivity index (χ3n) is 5.07. The third kappa shape index (κ3) is 4.12. The first kappa shape index (κ1) is 19.5. The highest BCUT2D eigenvalue weighted by Gasteiger charge is 2.09. The maximum atomic E-state index is 12.5. The van der Waals surface area contributed by atoms with Crippen LogP contribution in [0.3, 0.4) is 0 Å². The fraction of sp³-hybridized carbons (Fsp3) is 0.227. The molecule has 2 aromatic carbocycles. The van der Waals surface area contributed by atoms with Gasteiger partial charge >= 0.3 is 0 Å². The molecule has 0 spiro atoms. The third-order valence-corrected chi connectivity index (χ3v) is 5.07. The summed E-state index contributed by atoms with van der Waals surface area (Å²) in [5.74, 6) is 1.62. The quantitative estimate of drug-likeness (QED) is 0.438. The number of aryl methyl sites for hydroxylation is 1. The van der Waals surface area contributed by atoms with E-state index >= 15 is 0 Å². The molecule has 2 heterocycles. The number of fused-ring (bicyclic) bond motifs is 1. The van der Waals surface area contributed by atoms with Gasteiger partial charge in [0.2, 0.25) is 5.95 Å². The highest BCUT2D eigenvalue weighted by atomic mass is 16.5. The maximum absolute atomic E-state index is 12.5. The van der Waals surface area contributed by atoms with E-state index in [1.807, 2.05) is 36.4 Å². The van der Waals surface area contributed by atoms with Gasteiger partial charge in [0, 0.05) is 18.3 Å². The van der Waals surface area contributed by atoms with Crippen LogP contribution in [0.5, 0.6) is 5.75 Å². The van der Waals surface area contributed by atoms with Gasteiger partial charge in [-0.05, 0) is 48.7 Å². The lowest BCUT2D eigenvalue weighted by atomic mass is 10.1. The van der Waals surface area contributed by atoms with Crippen LogP contribution in [0.15, 0.2) is 53.3 Å². The minimum Gasteiger partial charge on any atom is -0.497 e. The average molecular weight is 404 g/mol. The molecule has 154 valence electrons. The van der Waals surface area contributed by atoms with Gasteiger partial charge in [-0.25, -0.2) is 4.98 Å². The topological polar surface area (TPSA) is 96.3 Å². The van der Waals surface area contributed by atoms with E-state index in [9.17, 15) is 4.79 Å². The standard InChI is InChI=1S/C22H24N6O2/c1-14-5-4-6-19(15(14)2)23-13-17-11-20(29)28-22(25-17)26-21(27-28)24-12-16-7-9-18(30-3)10-8-16/h4-11,23H,12-13H2,1-3H3,(H2,24,25,26,27). The molecule has 0 saturated carbocycles. The molecule has 0 radical (unpaired) electrons. The summed E-state index contributed by atoms with van der Waals surface area (Å²) in [5, 5.41) is 9.48. The maximum Gasteiger partial charge on any atom is 0.274 e. The van der Waals surface area contributed by atoms with Crippen LogP contribution in [0.1, 0.15) is 22.4 Å². The zero-order chi connectivity index (χ0) is 21.1. The molecule has 0 atom stereocenters. The molecule has 8 heteroatoms. The number of hydrogen-bond acceptors (Lipinski definition) is 6. The van der Waals surface area contributed by atoms with Crippen molar-refractivity contribution in [3.63, 3.8) is 0 Å². The van der Waals surface area contributed by atoms with Crippen LogP contribution in [0, 0.1) is 13.8 Å². The van der Waals surface area contributed by atoms with Gasteiger partial charge in [0.1, 0.15) is 5.75 Å². The van der Waals surface area contributed by atoms with Crippen molar-refractivity contribution in [2.45, 2.75) is 26.9 Å². The molecule has 4 rings (SSSR count). The van der Waals surface area contributed by atoms with Gasteiger partial charge in [0.15, 0.2) is 0 Å². The first-order valence-corrected chi connectivity index (χ1v) is 9.69. The monoisotopic (exact) mass is 404 g/mol. The van der Waals surface area contributed by atoms with Crippen LogP contribution in [0.4, 0.5) is 11.6 Å². The lowest BCUT2D eigenvalue weighted by Gasteiger charge is -2.10. The Morgan fingerprint density at radius 1 is 1.03 bits per heavy atom. The molecule has 0 aliphatic carbocycles. The Balaban J connectivity index is 1.48. The molecule has 8 nitrogen and oxygen atoms in total. The number of aromatic amines is 1. The predicted molar refractivity (Wildman–Crippen MR) is 117 cm³/mol. The van der Waals surface area contributed by atoms with Gasteiger partial charge in [0.05, 0.1) is 19.3 Å². The molecule has 2 aromatic heterocycles. The summed E-state index contributed by atoms with van der Waals surface area (Å²) in [4.78, 5) is 21.4. The van der Waals surface area contributed by atoms with E-state index in [1.165, 1.54) is 21.7 Å². The highest BCUT2D eigenvalue weighted by molar-refractivity contribution is 5.53. The largest absolute Gasteiger partial charge is 0.497 e. The van der Waals surface area contributed by atoms with E-state index in [4.69, 9.17) is 4.74 Å². The number of H-pyrrole nitrogens is 1. The minimum absolute atomic E-state index is 0.206. The Kier molecular flexibility index (Phi) is 5.38. The first-order valence-electron chi connectivity index (χ1n) is 9.69. The molecular weight excluding hydrogens is 380 g/mol. The summed E-state index contributed by atoms with van der Waals surface area (Å²) in [6.07, 6.45) is 0. The normalized spacial score (nSPS) is 10.9. The SMILES string of the molecule is COc1ccc(CNc2nc3nc(CNc4cccc(C)c4C)cc(=O)n3[nH]2)cc1. The molecule has 0 unspecified atom stereocenters. The van der Waals surface area contributed by atoms with E-state index in [0.29, 0.717) is 30.5 Å². The molecule has 0 aliphatic heterocycles. The molecule has 3 N–H and O–H groups in total. The van der Waals surface area contributed by atoms with Crippen molar-refractivity contribution in [2.24, 2.45) is 0 Å². The predicted octanol–water partition coefficient (Wildman–Crippen LogP) is 3.27. The summed E-state index contributed by atoms with van der Waals surface area (Å²) in [5.41, 5.74) is 4.91. The first-order chi connectivity index (χ1) is 14.5. The summed E-state index contributed by atoms with van der Waals surface area (Å²) in [6, 6.07) is 15.3. The second-order valence-corrected chi connectivity index (χ2v) is 7.10. The molecule has 4 aromatic rings. The Hall–Kier alpha value is -3.81. The zero-order valence-electron chi connectivity index (χ0n) is 17.2. The summed E-state index contributed by atoms with van der Waals surface area (Å²) in [6.45, 7) is 5.14. The van der Waals surface area contributed by atoms with E-state index in [2.05, 4.69) is 45.6 Å². The molecule has 0 bridgehead atoms. The average Bonchev–Trinajstić information content (AvgIpc) is 3.17. The van der Waals surface area contributed by atoms with Gasteiger partial charge in [-0.3, -0.25) is 9.89 Å². The zero-order valence-corrected chi connectivity index (χ0v) is 17.2. The number of benzene rings is 2. The van der Waals surface area contributed by atoms with Crippen LogP contribution in [0.2, 0.25) is 0 Å². The van der Waals surface area contributed by atoms with E-state index in [-0.39, 0.29) is 5.56 Å². The Bertz CT molecular complexity index is 1230. The van der Waals surface area contributed by atoms with Crippen LogP contribution >= 0.6 is 0 Å². The molecular formula is C22H24N6O2. The number of nitrogens with one attached hydrogen (secondary N) is 3. The molecule has 0 aliphatic rings. The minimum atomic E-state index is -0.206. The van der Waals surface area contributed by atoms with E-state index < -0.39 is 0 Å². The number of ether oxygens (including phenoxy) is 1. The smallest absolute Gasteiger partial charge is 0.274 e. The van der Waals surface area contributed by atoms with Gasteiger partial charge in [-0.15, -0.1) is 0 Å². The fourth-order valence-electron chi connectivity index (χ4n) is 3.15. The van der Waals surface area contributed by atoms with Gasteiger partial charge in [-0.1, -0.05) is 24.3 Å². The van der Waals surface area contributed by atoms with Gasteiger partial charge < -0.3 is 15.4 Å². The number of anilines is 2. The van der Waals surface area contributed by atoms with Gasteiger partial charge in [-0.2, -0.15) is 9.50 Å². The number of hydrogen-bond donors (Lipinski definition) is 3. The lowest BCUT2D eigenvalue weighted by molar-refractivity contribution is 0.414. The Labute approximate surface area is 173 Å². The van der Waals surface area contributed by atoms with Crippen LogP contribution in [-0.2, 0) is 13.1 Å². The molecule has 0 saturated heterocycles. The van der Waals surface area contributed by atoms with Crippen molar-refractivity contribution in [2.75, 3.05) is 17.7 Å². The van der Waals surface area contributed by atoms with Crippen molar-refractivity contribution in [1.82, 2.24) is 19.6 Å². The summed E-state index contributed by atoms with van der Waals surface area (Å²) < 4.78 is 6.50. The second-order valence-electron chi connectivity index (χ2n) is 7.10. The van der Waals surface area contributed by atoms with Crippen LogP contribution < -0.4 is 20.9 Å². The lowest BCUT2D eigenvalue weighted by Crippen LogP contribution is -2.17. The van der Waals surface area contributed by atoms with Crippen LogP contribution in [-0.4, -0.2) is 26.7 Å². The van der Waals surface area contributed by atoms with E-state index in [0.717, 1.165) is 17.0 Å². The van der Waals surface area contributed by atoms with E-state index in [1.54, 1.807) is 7.11 Å². The van der Waals surface area contributed by atoms with Gasteiger partial charge in [0.25, 0.3) is 11.3 Å².